The molecular weight excluding hydrogens is 985 g/mol. The van der Waals surface area contributed by atoms with E-state index in [0.29, 0.717) is 24.8 Å². The van der Waals surface area contributed by atoms with Gasteiger partial charge in [-0.3, -0.25) is 0 Å². The maximum atomic E-state index is 8.42. The monoisotopic (exact) mass is 1060 g/mol. The Hall–Kier alpha value is -9.02. The van der Waals surface area contributed by atoms with Crippen molar-refractivity contribution in [3.63, 3.8) is 0 Å². The molecule has 0 aliphatic carbocycles. The first-order valence-corrected chi connectivity index (χ1v) is 27.7. The highest BCUT2D eigenvalue weighted by molar-refractivity contribution is 5.91. The number of para-hydroxylation sites is 4. The van der Waals surface area contributed by atoms with E-state index in [-0.39, 0.29) is 6.67 Å². The molecule has 0 saturated carbocycles. The van der Waals surface area contributed by atoms with Gasteiger partial charge in [0.05, 0.1) is 58.8 Å². The van der Waals surface area contributed by atoms with Gasteiger partial charge in [-0.15, -0.1) is 0 Å². The predicted molar refractivity (Wildman–Crippen MR) is 335 cm³/mol. The molecule has 0 amide bonds. The van der Waals surface area contributed by atoms with E-state index in [2.05, 4.69) is 249 Å². The summed E-state index contributed by atoms with van der Waals surface area (Å²) >= 11 is 0. The molecule has 0 radical (unpaired) electrons. The lowest BCUT2D eigenvalue weighted by atomic mass is 10.00. The van der Waals surface area contributed by atoms with E-state index in [1.165, 1.54) is 38.5 Å². The molecule has 0 saturated heterocycles. The second kappa shape index (κ2) is 19.4. The number of fused-ring (bicyclic) bond motifs is 4. The van der Waals surface area contributed by atoms with Gasteiger partial charge in [0.25, 0.3) is 0 Å². The van der Waals surface area contributed by atoms with Crippen LogP contribution in [0.4, 0.5) is 79.6 Å². The van der Waals surface area contributed by atoms with Gasteiger partial charge in [-0.05, 0) is 222 Å². The van der Waals surface area contributed by atoms with Crippen LogP contribution < -0.4 is 48.7 Å². The van der Waals surface area contributed by atoms with Crippen LogP contribution in [0.3, 0.4) is 0 Å². The predicted octanol–water partition coefficient (Wildman–Crippen LogP) is 17.9. The third-order valence-corrected chi connectivity index (χ3v) is 17.7. The van der Waals surface area contributed by atoms with Crippen LogP contribution in [0, 0.1) is 69.2 Å². The number of ether oxygens (including phenoxy) is 2. The SMILES string of the molecule is [2H]C([2H])([2H])N1CN(c2cc(Oc3cccc(N4CN(c5ccc(N6CN(c7cccc(Oc8cc(N9CN(C)c%10cc(C)c(C)cc%109)c(C)c(C)c8C)c7)c7ccccc76)cc5)c5ccccc54)c3)c(C)c(C)c2C)c2cc(C)c(C)cc21. The van der Waals surface area contributed by atoms with Crippen molar-refractivity contribution in [1.82, 2.24) is 0 Å². The van der Waals surface area contributed by atoms with Crippen LogP contribution in [-0.4, -0.2) is 40.7 Å². The summed E-state index contributed by atoms with van der Waals surface area (Å²) < 4.78 is 39.0. The first-order chi connectivity index (χ1) is 39.8. The summed E-state index contributed by atoms with van der Waals surface area (Å²) in [4.78, 5) is 17.8. The number of benzene rings is 9. The van der Waals surface area contributed by atoms with Gasteiger partial charge in [-0.2, -0.15) is 0 Å². The molecule has 0 atom stereocenters. The van der Waals surface area contributed by atoms with Crippen molar-refractivity contribution < 1.29 is 13.6 Å². The molecule has 4 heterocycles. The molecule has 10 nitrogen and oxygen atoms in total. The quantitative estimate of drug-likeness (QED) is 0.132. The van der Waals surface area contributed by atoms with Crippen LogP contribution in [-0.2, 0) is 0 Å². The van der Waals surface area contributed by atoms with Crippen molar-refractivity contribution in [1.29, 1.82) is 0 Å². The third kappa shape index (κ3) is 8.39. The first-order valence-electron chi connectivity index (χ1n) is 29.2. The van der Waals surface area contributed by atoms with Crippen LogP contribution in [0.25, 0.3) is 0 Å². The van der Waals surface area contributed by atoms with Gasteiger partial charge < -0.3 is 48.7 Å². The molecule has 0 spiro atoms. The molecule has 0 fully saturated rings. The average molecular weight is 1060 g/mol. The summed E-state index contributed by atoms with van der Waals surface area (Å²) in [6, 6.07) is 56.0. The molecular formula is C70H70N8O2. The first kappa shape index (κ1) is 47.0. The molecule has 0 unspecified atom stereocenters. The fourth-order valence-electron chi connectivity index (χ4n) is 12.2. The Morgan fingerprint density at radius 2 is 0.662 bits per heavy atom. The van der Waals surface area contributed by atoms with Gasteiger partial charge in [0, 0.05) is 76.5 Å². The summed E-state index contributed by atoms with van der Waals surface area (Å²) in [5, 5.41) is 0. The molecule has 13 rings (SSSR count). The van der Waals surface area contributed by atoms with Crippen molar-refractivity contribution in [3.05, 3.63) is 213 Å². The lowest BCUT2D eigenvalue weighted by Gasteiger charge is -2.26. The maximum absolute atomic E-state index is 8.42. The standard InChI is InChI=1S/C70H70N8O2/c1-43-31-65-67(33-45(43)3)77(39-71(65)11)63-37-69(51(9)47(5)49(63)7)79-57-21-17-19-55(35-57)75-41-73(59-23-13-15-25-61(59)75)53-27-29-54(30-28-53)74-42-76(62-26-16-14-24-60(62)74)56-20-18-22-58(36-56)80-70-38-64(50(8)48(6)52(70)10)78-40-72(12)66-32-44(2)46(4)34-68(66)78/h13-38H,39-42H2,1-12H3/i11D3. The van der Waals surface area contributed by atoms with E-state index in [0.717, 1.165) is 120 Å². The normalized spacial score (nSPS) is 15.1. The highest BCUT2D eigenvalue weighted by Gasteiger charge is 2.33. The number of rotatable bonds is 10. The molecule has 4 aliphatic rings. The van der Waals surface area contributed by atoms with Crippen molar-refractivity contribution >= 4 is 79.6 Å². The number of aryl methyl sites for hydroxylation is 4. The summed E-state index contributed by atoms with van der Waals surface area (Å²) in [5.41, 5.74) is 26.5. The summed E-state index contributed by atoms with van der Waals surface area (Å²) in [6.07, 6.45) is 0. The Labute approximate surface area is 476 Å². The van der Waals surface area contributed by atoms with Gasteiger partial charge in [0.1, 0.15) is 36.3 Å². The summed E-state index contributed by atoms with van der Waals surface area (Å²) in [7, 11) is 2.17. The molecule has 4 aliphatic heterocycles. The van der Waals surface area contributed by atoms with Crippen molar-refractivity contribution in [2.75, 3.05) is 79.9 Å². The second-order valence-corrected chi connectivity index (χ2v) is 22.3. The number of hydrogen-bond acceptors (Lipinski definition) is 10. The van der Waals surface area contributed by atoms with Gasteiger partial charge in [-0.25, -0.2) is 0 Å². The third-order valence-electron chi connectivity index (χ3n) is 17.7. The molecule has 0 aromatic heterocycles. The van der Waals surface area contributed by atoms with E-state index < -0.39 is 6.98 Å². The number of nitrogens with zero attached hydrogens (tertiary/aromatic N) is 8. The molecule has 9 aromatic carbocycles. The highest BCUT2D eigenvalue weighted by atomic mass is 16.5. The van der Waals surface area contributed by atoms with Crippen molar-refractivity contribution in [2.24, 2.45) is 0 Å². The van der Waals surface area contributed by atoms with E-state index in [1.807, 2.05) is 19.1 Å². The van der Waals surface area contributed by atoms with Gasteiger partial charge in [0.2, 0.25) is 0 Å². The second-order valence-electron chi connectivity index (χ2n) is 22.3. The van der Waals surface area contributed by atoms with Crippen LogP contribution >= 0.6 is 0 Å². The lowest BCUT2D eigenvalue weighted by molar-refractivity contribution is 0.478. The smallest absolute Gasteiger partial charge is 0.132 e. The van der Waals surface area contributed by atoms with E-state index in [9.17, 15) is 0 Å². The minimum atomic E-state index is -2.30. The minimum absolute atomic E-state index is 0.210. The van der Waals surface area contributed by atoms with Crippen molar-refractivity contribution in [3.8, 4) is 23.0 Å². The minimum Gasteiger partial charge on any atom is -0.457 e. The Morgan fingerprint density at radius 1 is 0.300 bits per heavy atom. The topological polar surface area (TPSA) is 44.4 Å². The highest BCUT2D eigenvalue weighted by Crippen LogP contribution is 2.51. The van der Waals surface area contributed by atoms with Crippen LogP contribution in [0.2, 0.25) is 0 Å². The summed E-state index contributed by atoms with van der Waals surface area (Å²) in [5.74, 6) is 3.09. The molecule has 0 bridgehead atoms. The largest absolute Gasteiger partial charge is 0.457 e. The Balaban J connectivity index is 0.737. The Morgan fingerprint density at radius 3 is 1.06 bits per heavy atom. The zero-order valence-electron chi connectivity index (χ0n) is 50.7. The maximum Gasteiger partial charge on any atom is 0.132 e. The van der Waals surface area contributed by atoms with E-state index >= 15 is 0 Å². The molecule has 10 heteroatoms. The van der Waals surface area contributed by atoms with E-state index in [1.54, 1.807) is 0 Å². The van der Waals surface area contributed by atoms with Gasteiger partial charge in [-0.1, -0.05) is 36.4 Å². The van der Waals surface area contributed by atoms with E-state index in [4.69, 9.17) is 13.6 Å². The fraction of sp³-hybridized carbons (Fsp3) is 0.229. The van der Waals surface area contributed by atoms with Crippen LogP contribution in [0.15, 0.2) is 158 Å². The molecule has 9 aromatic rings. The van der Waals surface area contributed by atoms with Gasteiger partial charge in [0.15, 0.2) is 0 Å². The zero-order chi connectivity index (χ0) is 57.9. The fourth-order valence-corrected chi connectivity index (χ4v) is 12.2. The average Bonchev–Trinajstić information content (AvgIpc) is 4.46. The van der Waals surface area contributed by atoms with Crippen molar-refractivity contribution in [2.45, 2.75) is 69.2 Å². The Bertz CT molecular complexity index is 4080. The molecule has 80 heavy (non-hydrogen) atoms. The van der Waals surface area contributed by atoms with Gasteiger partial charge >= 0.3 is 0 Å². The molecule has 402 valence electrons. The zero-order valence-corrected chi connectivity index (χ0v) is 47.7. The summed E-state index contributed by atoms with van der Waals surface area (Å²) in [6.45, 7) is 21.3. The van der Waals surface area contributed by atoms with Crippen LogP contribution in [0.1, 0.15) is 59.7 Å². The lowest BCUT2D eigenvalue weighted by Crippen LogP contribution is -2.25. The molecule has 0 N–H and O–H groups in total. The Kier molecular flexibility index (Phi) is 11.4. The van der Waals surface area contributed by atoms with Crippen LogP contribution in [0.5, 0.6) is 23.0 Å². The number of hydrogen-bond donors (Lipinski definition) is 0. The number of anilines is 14.